The molecule has 3 aromatic rings. The van der Waals surface area contributed by atoms with E-state index in [9.17, 15) is 32.6 Å². The second-order valence-corrected chi connectivity index (χ2v) is 9.53. The molecule has 0 bridgehead atoms. The number of phenols is 2. The Morgan fingerprint density at radius 3 is 2.42 bits per heavy atom. The van der Waals surface area contributed by atoms with E-state index in [0.717, 1.165) is 4.90 Å². The maximum absolute atomic E-state index is 13.6. The van der Waals surface area contributed by atoms with Crippen LogP contribution in [0.4, 0.5) is 23.2 Å². The molecule has 14 heteroatoms. The summed E-state index contributed by atoms with van der Waals surface area (Å²) in [4.78, 5) is 17.1. The van der Waals surface area contributed by atoms with Gasteiger partial charge in [0, 0.05) is 41.3 Å². The summed E-state index contributed by atoms with van der Waals surface area (Å²) in [5, 5.41) is 37.0. The number of rotatable bonds is 10. The van der Waals surface area contributed by atoms with Gasteiger partial charge in [-0.25, -0.2) is 9.18 Å². The number of aliphatic imine (C=N–C) groups is 1. The lowest BCUT2D eigenvalue weighted by atomic mass is 10.0. The fourth-order valence-corrected chi connectivity index (χ4v) is 3.82. The summed E-state index contributed by atoms with van der Waals surface area (Å²) in [6.07, 6.45) is -2.89. The van der Waals surface area contributed by atoms with Crippen molar-refractivity contribution in [2.24, 2.45) is 10.7 Å². The number of benzene rings is 3. The number of carbonyl (C=O) groups is 1. The number of amidine groups is 1. The van der Waals surface area contributed by atoms with Gasteiger partial charge in [0.25, 0.3) is 0 Å². The van der Waals surface area contributed by atoms with Crippen LogP contribution in [0.25, 0.3) is 11.1 Å². The molecule has 0 radical (unpaired) electrons. The van der Waals surface area contributed by atoms with E-state index in [0.29, 0.717) is 29.8 Å². The van der Waals surface area contributed by atoms with Crippen LogP contribution in [0, 0.1) is 5.82 Å². The highest BCUT2D eigenvalue weighted by atomic mass is 32.2. The van der Waals surface area contributed by atoms with Gasteiger partial charge in [-0.2, -0.15) is 13.2 Å². The minimum Gasteiger partial charge on any atom is -0.512 e. The number of nitrogens with two attached hydrogens (primary N) is 1. The van der Waals surface area contributed by atoms with Crippen LogP contribution in [0.2, 0.25) is 0 Å². The van der Waals surface area contributed by atoms with E-state index in [-0.39, 0.29) is 35.3 Å². The molecule has 0 aliphatic carbocycles. The van der Waals surface area contributed by atoms with E-state index in [2.05, 4.69) is 16.3 Å². The Morgan fingerprint density at radius 1 is 1.09 bits per heavy atom. The number of phenolic OH excluding ortho intramolecular Hbond substituents is 2. The fourth-order valence-electron chi connectivity index (χ4n) is 3.13. The van der Waals surface area contributed by atoms with Gasteiger partial charge in [-0.05, 0) is 66.9 Å². The van der Waals surface area contributed by atoms with Crippen molar-refractivity contribution in [2.75, 3.05) is 17.9 Å². The average Bonchev–Trinajstić information content (AvgIpc) is 2.92. The first-order valence-corrected chi connectivity index (χ1v) is 13.1. The standard InChI is InChI=1S/C26H26FN3O5S.C3H3F3O/c1-16(31)12-25(28)29-10-3-11-35-26(34)21-8-7-19(15-24(21)33)30-36-20-5-2-4-17(13-20)22-14-18(27)6-9-23(22)32;1-2(7)3(4,5)6/h2,4-9,12-15,30-33H,3,10-11H2,1H3,(H2,28,29);7H,1H2/b16-12-;. The predicted octanol–water partition coefficient (Wildman–Crippen LogP) is 7.01. The second-order valence-electron chi connectivity index (χ2n) is 8.65. The highest BCUT2D eigenvalue weighted by molar-refractivity contribution is 8.00. The van der Waals surface area contributed by atoms with Gasteiger partial charge >= 0.3 is 12.1 Å². The third-order valence-electron chi connectivity index (χ3n) is 5.12. The number of carbonyl (C=O) groups excluding carboxylic acids is 1. The third kappa shape index (κ3) is 11.9. The van der Waals surface area contributed by atoms with Gasteiger partial charge in [0.15, 0.2) is 5.76 Å². The Hall–Kier alpha value is -4.85. The fraction of sp³-hybridized carbons (Fsp3) is 0.172. The van der Waals surface area contributed by atoms with Crippen LogP contribution in [0.15, 0.2) is 94.7 Å². The summed E-state index contributed by atoms with van der Waals surface area (Å²) < 4.78 is 54.3. The van der Waals surface area contributed by atoms with Gasteiger partial charge in [0.2, 0.25) is 0 Å². The van der Waals surface area contributed by atoms with Crippen molar-refractivity contribution in [1.82, 2.24) is 0 Å². The molecule has 0 saturated carbocycles. The van der Waals surface area contributed by atoms with Gasteiger partial charge < -0.3 is 35.6 Å². The number of aromatic hydroxyl groups is 2. The summed E-state index contributed by atoms with van der Waals surface area (Å²) in [5.41, 5.74) is 7.19. The Kier molecular flexibility index (Phi) is 12.8. The summed E-state index contributed by atoms with van der Waals surface area (Å²) in [7, 11) is 0. The molecular weight excluding hydrogens is 594 g/mol. The van der Waals surface area contributed by atoms with E-state index in [4.69, 9.17) is 20.7 Å². The van der Waals surface area contributed by atoms with Crippen molar-refractivity contribution in [3.63, 3.8) is 0 Å². The van der Waals surface area contributed by atoms with Gasteiger partial charge in [0.1, 0.15) is 28.7 Å². The molecule has 0 aliphatic rings. The number of halogens is 4. The molecule has 0 unspecified atom stereocenters. The molecule has 3 rings (SSSR count). The van der Waals surface area contributed by atoms with Crippen LogP contribution in [-0.2, 0) is 4.74 Å². The zero-order chi connectivity index (χ0) is 32.2. The van der Waals surface area contributed by atoms with Crippen LogP contribution >= 0.6 is 11.9 Å². The van der Waals surface area contributed by atoms with Crippen LogP contribution in [0.3, 0.4) is 0 Å². The number of nitrogens with zero attached hydrogens (tertiary/aromatic N) is 1. The number of ether oxygens (including phenoxy) is 1. The molecule has 43 heavy (non-hydrogen) atoms. The second kappa shape index (κ2) is 16.0. The van der Waals surface area contributed by atoms with E-state index >= 15 is 0 Å². The molecule has 230 valence electrons. The number of alkyl halides is 3. The quantitative estimate of drug-likeness (QED) is 0.0266. The van der Waals surface area contributed by atoms with E-state index in [1.807, 2.05) is 6.07 Å². The van der Waals surface area contributed by atoms with Gasteiger partial charge in [-0.3, -0.25) is 4.99 Å². The molecule has 7 N–H and O–H groups in total. The number of nitrogens with one attached hydrogen (secondary N) is 1. The van der Waals surface area contributed by atoms with Crippen molar-refractivity contribution in [3.8, 4) is 22.6 Å². The zero-order valence-electron chi connectivity index (χ0n) is 22.7. The number of aliphatic hydroxyl groups excluding tert-OH is 2. The highest BCUT2D eigenvalue weighted by Gasteiger charge is 2.31. The van der Waals surface area contributed by atoms with Crippen LogP contribution in [0.5, 0.6) is 11.5 Å². The molecule has 0 atom stereocenters. The first-order chi connectivity index (χ1) is 20.2. The van der Waals surface area contributed by atoms with Crippen LogP contribution < -0.4 is 10.5 Å². The monoisotopic (exact) mass is 623 g/mol. The molecular formula is C29H29F4N3O6S. The largest absolute Gasteiger partial charge is 0.512 e. The average molecular weight is 624 g/mol. The van der Waals surface area contributed by atoms with Crippen molar-refractivity contribution in [1.29, 1.82) is 0 Å². The summed E-state index contributed by atoms with van der Waals surface area (Å²) in [6.45, 7) is 4.14. The maximum atomic E-state index is 13.6. The van der Waals surface area contributed by atoms with E-state index < -0.39 is 23.7 Å². The first-order valence-electron chi connectivity index (χ1n) is 12.3. The van der Waals surface area contributed by atoms with Crippen molar-refractivity contribution in [3.05, 3.63) is 96.2 Å². The molecule has 0 aliphatic heterocycles. The zero-order valence-corrected chi connectivity index (χ0v) is 23.5. The summed E-state index contributed by atoms with van der Waals surface area (Å²) >= 11 is 1.25. The highest BCUT2D eigenvalue weighted by Crippen LogP contribution is 2.33. The lowest BCUT2D eigenvalue weighted by Gasteiger charge is -2.10. The minimum atomic E-state index is -4.64. The van der Waals surface area contributed by atoms with Gasteiger partial charge in [0.05, 0.1) is 12.4 Å². The Balaban J connectivity index is 0.000000821. The van der Waals surface area contributed by atoms with Crippen molar-refractivity contribution in [2.45, 2.75) is 24.4 Å². The molecule has 3 aromatic carbocycles. The molecule has 0 spiro atoms. The molecule has 0 fully saturated rings. The van der Waals surface area contributed by atoms with E-state index in [1.165, 1.54) is 55.3 Å². The first kappa shape index (κ1) is 34.4. The molecule has 9 nitrogen and oxygen atoms in total. The van der Waals surface area contributed by atoms with Crippen molar-refractivity contribution < 1.29 is 47.5 Å². The maximum Gasteiger partial charge on any atom is 0.448 e. The number of aliphatic hydroxyl groups is 2. The van der Waals surface area contributed by atoms with Crippen molar-refractivity contribution >= 4 is 29.4 Å². The van der Waals surface area contributed by atoms with Gasteiger partial charge in [-0.15, -0.1) is 0 Å². The normalized spacial score (nSPS) is 11.7. The molecule has 0 aromatic heterocycles. The topological polar surface area (TPSA) is 158 Å². The minimum absolute atomic E-state index is 0.0234. The number of anilines is 1. The smallest absolute Gasteiger partial charge is 0.448 e. The lowest BCUT2D eigenvalue weighted by Crippen LogP contribution is -2.11. The molecule has 0 amide bonds. The number of allylic oxidation sites excluding steroid dienone is 2. The van der Waals surface area contributed by atoms with Gasteiger partial charge in [-0.1, -0.05) is 18.7 Å². The Labute approximate surface area is 248 Å². The lowest BCUT2D eigenvalue weighted by molar-refractivity contribution is -0.119. The van der Waals surface area contributed by atoms with E-state index in [1.54, 1.807) is 24.3 Å². The summed E-state index contributed by atoms with van der Waals surface area (Å²) in [6, 6.07) is 15.4. The Morgan fingerprint density at radius 2 is 1.79 bits per heavy atom. The molecule has 0 heterocycles. The Bertz CT molecular complexity index is 1490. The predicted molar refractivity (Wildman–Crippen MR) is 157 cm³/mol. The number of hydrogen-bond donors (Lipinski definition) is 6. The number of esters is 1. The van der Waals surface area contributed by atoms with Crippen LogP contribution in [0.1, 0.15) is 23.7 Å². The molecule has 0 saturated heterocycles. The third-order valence-corrected chi connectivity index (χ3v) is 5.95. The summed E-state index contributed by atoms with van der Waals surface area (Å²) in [5.74, 6) is -2.91. The number of hydrogen-bond acceptors (Lipinski definition) is 9. The SMILES string of the molecule is C/C(O)=C/C(N)=NCCCOC(=O)c1ccc(NSc2cccc(-c3cc(F)ccc3O)c2)cc1O.C=C(O)C(F)(F)F. The van der Waals surface area contributed by atoms with Crippen LogP contribution in [-0.4, -0.2) is 51.6 Å².